The molecule has 2 heterocycles. The highest BCUT2D eigenvalue weighted by molar-refractivity contribution is 7.99. The highest BCUT2D eigenvalue weighted by Crippen LogP contribution is 2.29. The average Bonchev–Trinajstić information content (AvgIpc) is 2.40. The molecule has 0 spiro atoms. The van der Waals surface area contributed by atoms with Gasteiger partial charge in [-0.05, 0) is 36.0 Å². The summed E-state index contributed by atoms with van der Waals surface area (Å²) in [6, 6.07) is 7.35. The van der Waals surface area contributed by atoms with Crippen LogP contribution in [0.4, 0.5) is 5.69 Å². The summed E-state index contributed by atoms with van der Waals surface area (Å²) in [4.78, 5) is 16.8. The molecule has 2 aromatic heterocycles. The summed E-state index contributed by atoms with van der Waals surface area (Å²) in [5.41, 5.74) is 7.25. The Labute approximate surface area is 108 Å². The van der Waals surface area contributed by atoms with Gasteiger partial charge in [-0.15, -0.1) is 0 Å². The first kappa shape index (κ1) is 10.9. The van der Waals surface area contributed by atoms with Gasteiger partial charge in [0.2, 0.25) is 0 Å². The van der Waals surface area contributed by atoms with Crippen LogP contribution in [0.1, 0.15) is 0 Å². The van der Waals surface area contributed by atoms with Crippen molar-refractivity contribution in [3.63, 3.8) is 0 Å². The van der Waals surface area contributed by atoms with Gasteiger partial charge >= 0.3 is 0 Å². The zero-order valence-corrected chi connectivity index (χ0v) is 10.1. The van der Waals surface area contributed by atoms with Crippen molar-refractivity contribution in [3.8, 4) is 0 Å². The van der Waals surface area contributed by atoms with Gasteiger partial charge in [-0.2, -0.15) is 0 Å². The number of anilines is 1. The molecule has 6 heteroatoms. The fourth-order valence-electron chi connectivity index (χ4n) is 1.56. The minimum absolute atomic E-state index is 0.661. The van der Waals surface area contributed by atoms with Gasteiger partial charge in [-0.3, -0.25) is 0 Å². The van der Waals surface area contributed by atoms with Crippen LogP contribution in [0.2, 0.25) is 0 Å². The second-order valence-corrected chi connectivity index (χ2v) is 4.54. The highest BCUT2D eigenvalue weighted by Gasteiger charge is 2.07. The van der Waals surface area contributed by atoms with Crippen molar-refractivity contribution in [1.82, 2.24) is 19.9 Å². The van der Waals surface area contributed by atoms with Crippen molar-refractivity contribution in [2.75, 3.05) is 5.73 Å². The summed E-state index contributed by atoms with van der Waals surface area (Å²) in [6.07, 6.45) is 4.93. The van der Waals surface area contributed by atoms with Gasteiger partial charge in [0.05, 0.1) is 5.52 Å². The summed E-state index contributed by atoms with van der Waals surface area (Å²) < 4.78 is 0. The third-order valence-corrected chi connectivity index (χ3v) is 3.27. The van der Waals surface area contributed by atoms with E-state index in [9.17, 15) is 0 Å². The predicted octanol–water partition coefficient (Wildman–Crippen LogP) is 2.15. The van der Waals surface area contributed by atoms with Crippen molar-refractivity contribution < 1.29 is 0 Å². The number of nitrogens with two attached hydrogens (primary N) is 1. The number of rotatable bonds is 2. The molecule has 0 radical (unpaired) electrons. The van der Waals surface area contributed by atoms with E-state index in [0.717, 1.165) is 15.9 Å². The number of fused-ring (bicyclic) bond motifs is 1. The minimum Gasteiger partial charge on any atom is -0.399 e. The third kappa shape index (κ3) is 2.10. The number of hydrogen-bond donors (Lipinski definition) is 1. The van der Waals surface area contributed by atoms with Crippen LogP contribution in [0.3, 0.4) is 0 Å². The molecule has 0 saturated heterocycles. The molecule has 0 bridgehead atoms. The number of aromatic nitrogens is 4. The molecule has 88 valence electrons. The zero-order chi connectivity index (χ0) is 12.4. The van der Waals surface area contributed by atoms with E-state index in [1.807, 2.05) is 18.2 Å². The molecule has 0 amide bonds. The highest BCUT2D eigenvalue weighted by atomic mass is 32.2. The van der Waals surface area contributed by atoms with Crippen LogP contribution in [0, 0.1) is 0 Å². The average molecular weight is 255 g/mol. The van der Waals surface area contributed by atoms with Crippen molar-refractivity contribution in [3.05, 3.63) is 43.0 Å². The van der Waals surface area contributed by atoms with Gasteiger partial charge in [-0.1, -0.05) is 0 Å². The van der Waals surface area contributed by atoms with Gasteiger partial charge in [-0.25, -0.2) is 19.9 Å². The molecule has 18 heavy (non-hydrogen) atoms. The van der Waals surface area contributed by atoms with Crippen LogP contribution < -0.4 is 5.73 Å². The number of nitrogen functional groups attached to an aromatic ring is 1. The number of nitrogens with zero attached hydrogens (tertiary/aromatic N) is 4. The van der Waals surface area contributed by atoms with Crippen LogP contribution in [0.15, 0.2) is 53.2 Å². The molecule has 0 atom stereocenters. The third-order valence-electron chi connectivity index (χ3n) is 2.35. The fourth-order valence-corrected chi connectivity index (χ4v) is 2.34. The van der Waals surface area contributed by atoms with Gasteiger partial charge in [0.1, 0.15) is 11.4 Å². The first-order chi connectivity index (χ1) is 8.83. The van der Waals surface area contributed by atoms with Crippen LogP contribution in [0.25, 0.3) is 10.9 Å². The maximum Gasteiger partial charge on any atom is 0.193 e. The maximum atomic E-state index is 5.73. The van der Waals surface area contributed by atoms with Crippen molar-refractivity contribution >= 4 is 28.4 Å². The van der Waals surface area contributed by atoms with Crippen LogP contribution in [-0.4, -0.2) is 19.9 Å². The Morgan fingerprint density at radius 2 is 1.83 bits per heavy atom. The molecule has 3 rings (SSSR count). The molecule has 0 aliphatic carbocycles. The Bertz CT molecular complexity index is 686. The van der Waals surface area contributed by atoms with E-state index in [2.05, 4.69) is 19.9 Å². The molecule has 0 fully saturated rings. The Balaban J connectivity index is 2.07. The lowest BCUT2D eigenvalue weighted by Gasteiger charge is -2.03. The molecular formula is C12H9N5S. The second-order valence-electron chi connectivity index (χ2n) is 3.59. The predicted molar refractivity (Wildman–Crippen MR) is 70.1 cm³/mol. The summed E-state index contributed by atoms with van der Waals surface area (Å²) >= 11 is 1.41. The van der Waals surface area contributed by atoms with E-state index in [1.54, 1.807) is 18.5 Å². The summed E-state index contributed by atoms with van der Waals surface area (Å²) in [5, 5.41) is 2.43. The smallest absolute Gasteiger partial charge is 0.193 e. The van der Waals surface area contributed by atoms with E-state index in [0.29, 0.717) is 10.8 Å². The topological polar surface area (TPSA) is 77.6 Å². The van der Waals surface area contributed by atoms with Crippen LogP contribution in [0.5, 0.6) is 0 Å². The Kier molecular flexibility index (Phi) is 2.77. The van der Waals surface area contributed by atoms with E-state index in [4.69, 9.17) is 5.73 Å². The quantitative estimate of drug-likeness (QED) is 0.429. The first-order valence-corrected chi connectivity index (χ1v) is 6.10. The standard InChI is InChI=1S/C12H9N5S/c13-8-2-3-9-10(6-8)16-7-17-11(9)18-12-14-4-1-5-15-12/h1-7H,13H2. The van der Waals surface area contributed by atoms with Gasteiger partial charge in [0.25, 0.3) is 0 Å². The van der Waals surface area contributed by atoms with Gasteiger partial charge < -0.3 is 5.73 Å². The largest absolute Gasteiger partial charge is 0.399 e. The number of benzene rings is 1. The van der Waals surface area contributed by atoms with Gasteiger partial charge in [0, 0.05) is 23.5 Å². The molecule has 0 aliphatic rings. The Hall–Kier alpha value is -2.21. The van der Waals surface area contributed by atoms with E-state index in [1.165, 1.54) is 18.1 Å². The maximum absolute atomic E-state index is 5.73. The summed E-state index contributed by atoms with van der Waals surface area (Å²) in [5.74, 6) is 0. The van der Waals surface area contributed by atoms with Crippen molar-refractivity contribution in [1.29, 1.82) is 0 Å². The Morgan fingerprint density at radius 1 is 1.00 bits per heavy atom. The number of hydrogen-bond acceptors (Lipinski definition) is 6. The van der Waals surface area contributed by atoms with E-state index >= 15 is 0 Å². The van der Waals surface area contributed by atoms with Crippen LogP contribution in [-0.2, 0) is 0 Å². The van der Waals surface area contributed by atoms with E-state index < -0.39 is 0 Å². The van der Waals surface area contributed by atoms with Crippen molar-refractivity contribution in [2.24, 2.45) is 0 Å². The molecule has 0 unspecified atom stereocenters. The molecule has 3 aromatic rings. The first-order valence-electron chi connectivity index (χ1n) is 5.28. The lowest BCUT2D eigenvalue weighted by Crippen LogP contribution is -1.91. The monoisotopic (exact) mass is 255 g/mol. The molecule has 2 N–H and O–H groups in total. The SMILES string of the molecule is Nc1ccc2c(Sc3ncccn3)ncnc2c1. The lowest BCUT2D eigenvalue weighted by molar-refractivity contribution is 0.960. The molecule has 0 aliphatic heterocycles. The summed E-state index contributed by atoms with van der Waals surface area (Å²) in [7, 11) is 0. The zero-order valence-electron chi connectivity index (χ0n) is 9.32. The lowest BCUT2D eigenvalue weighted by atomic mass is 10.2. The Morgan fingerprint density at radius 3 is 2.67 bits per heavy atom. The molecule has 1 aromatic carbocycles. The van der Waals surface area contributed by atoms with Gasteiger partial charge in [0.15, 0.2) is 5.16 Å². The summed E-state index contributed by atoms with van der Waals surface area (Å²) in [6.45, 7) is 0. The normalized spacial score (nSPS) is 10.7. The van der Waals surface area contributed by atoms with Crippen molar-refractivity contribution in [2.45, 2.75) is 10.2 Å². The van der Waals surface area contributed by atoms with Crippen LogP contribution >= 0.6 is 11.8 Å². The second kappa shape index (κ2) is 4.58. The minimum atomic E-state index is 0.661. The van der Waals surface area contributed by atoms with E-state index in [-0.39, 0.29) is 0 Å². The molecule has 5 nitrogen and oxygen atoms in total. The molecule has 0 saturated carbocycles. The fraction of sp³-hybridized carbons (Fsp3) is 0. The molecular weight excluding hydrogens is 246 g/mol.